The molecule has 5 aromatic rings. The number of rotatable bonds is 6. The Morgan fingerprint density at radius 2 is 0.739 bits per heavy atom. The van der Waals surface area contributed by atoms with Gasteiger partial charge in [-0.1, -0.05) is 145 Å². The van der Waals surface area contributed by atoms with Crippen LogP contribution in [0.5, 0.6) is 0 Å². The summed E-state index contributed by atoms with van der Waals surface area (Å²) in [5.41, 5.74) is 3.28. The summed E-state index contributed by atoms with van der Waals surface area (Å²) in [6.07, 6.45) is 2.80. The van der Waals surface area contributed by atoms with E-state index in [1.807, 2.05) is 13.8 Å². The van der Waals surface area contributed by atoms with Gasteiger partial charge in [-0.2, -0.15) is 0 Å². The van der Waals surface area contributed by atoms with E-state index < -0.39 is 63.0 Å². The van der Waals surface area contributed by atoms with Crippen LogP contribution in [0.1, 0.15) is 94.9 Å². The van der Waals surface area contributed by atoms with E-state index in [4.69, 9.17) is 0 Å². The van der Waals surface area contributed by atoms with E-state index in [0.29, 0.717) is 5.92 Å². The Bertz CT molecular complexity index is 1530. The molecule has 46 heavy (non-hydrogen) atoms. The molecule has 0 nitrogen and oxygen atoms in total. The van der Waals surface area contributed by atoms with Crippen LogP contribution in [0.25, 0.3) is 10.8 Å². The van der Waals surface area contributed by atoms with Gasteiger partial charge in [0, 0.05) is 16.9 Å². The van der Waals surface area contributed by atoms with Crippen molar-refractivity contribution in [3.05, 3.63) is 154 Å². The molecule has 0 bridgehead atoms. The molecule has 0 saturated heterocycles. The van der Waals surface area contributed by atoms with Crippen molar-refractivity contribution in [2.24, 2.45) is 0 Å². The van der Waals surface area contributed by atoms with Crippen molar-refractivity contribution in [2.45, 2.75) is 72.6 Å². The first-order valence-corrected chi connectivity index (χ1v) is 15.6. The lowest BCUT2D eigenvalue weighted by atomic mass is 9.85. The van der Waals surface area contributed by atoms with E-state index in [2.05, 4.69) is 105 Å². The van der Waals surface area contributed by atoms with Gasteiger partial charge in [0.1, 0.15) is 0 Å². The van der Waals surface area contributed by atoms with Crippen LogP contribution in [0.2, 0.25) is 0 Å². The molecule has 0 spiro atoms. The Morgan fingerprint density at radius 3 is 1.04 bits per heavy atom. The molecule has 0 amide bonds. The summed E-state index contributed by atoms with van der Waals surface area (Å²) in [5, 5.41) is -2.54. The maximum absolute atomic E-state index is 13.9. The minimum absolute atomic E-state index is 0.164. The monoisotopic (exact) mass is 642 g/mol. The second-order valence-electron chi connectivity index (χ2n) is 10.3. The molecule has 7 heteroatoms. The summed E-state index contributed by atoms with van der Waals surface area (Å²) in [4.78, 5) is 0. The van der Waals surface area contributed by atoms with Gasteiger partial charge in [-0.3, -0.25) is 0 Å². The lowest BCUT2D eigenvalue weighted by Gasteiger charge is -2.18. The van der Waals surface area contributed by atoms with Gasteiger partial charge in [0.25, 0.3) is 0 Å². The van der Waals surface area contributed by atoms with Crippen molar-refractivity contribution < 1.29 is 30.7 Å². The van der Waals surface area contributed by atoms with Crippen molar-refractivity contribution in [1.29, 1.82) is 0 Å². The van der Waals surface area contributed by atoms with Gasteiger partial charge < -0.3 is 0 Å². The highest BCUT2D eigenvalue weighted by molar-refractivity contribution is 5.88. The van der Waals surface area contributed by atoms with E-state index in [1.165, 1.54) is 43.4 Å². The molecule has 1 unspecified atom stereocenters. The Morgan fingerprint density at radius 1 is 0.435 bits per heavy atom. The van der Waals surface area contributed by atoms with Crippen LogP contribution in [0.4, 0.5) is 30.7 Å². The average molecular weight is 643 g/mol. The first kappa shape index (κ1) is 38.1. The fourth-order valence-electron chi connectivity index (χ4n) is 4.71. The van der Waals surface area contributed by atoms with Crippen LogP contribution < -0.4 is 0 Å². The Labute approximate surface area is 267 Å². The minimum Gasteiger partial charge on any atom is -0.203 e. The first-order valence-electron chi connectivity index (χ1n) is 15.6. The van der Waals surface area contributed by atoms with Gasteiger partial charge in [-0.05, 0) is 29.0 Å². The molecule has 5 aromatic carbocycles. The van der Waals surface area contributed by atoms with Crippen molar-refractivity contribution in [2.75, 3.05) is 0 Å². The molecule has 0 aromatic heterocycles. The van der Waals surface area contributed by atoms with Crippen LogP contribution in [0.15, 0.2) is 91.0 Å². The highest BCUT2D eigenvalue weighted by atomic mass is 19.2. The van der Waals surface area contributed by atoms with E-state index in [9.17, 15) is 30.7 Å². The van der Waals surface area contributed by atoms with Crippen molar-refractivity contribution >= 4 is 10.8 Å². The third kappa shape index (κ3) is 8.77. The van der Waals surface area contributed by atoms with Crippen LogP contribution in [0, 0.1) is 40.7 Å². The lowest BCUT2D eigenvalue weighted by molar-refractivity contribution is 0.407. The smallest absolute Gasteiger partial charge is 0.198 e. The van der Waals surface area contributed by atoms with Gasteiger partial charge in [0.15, 0.2) is 40.7 Å². The number of fused-ring (bicyclic) bond motifs is 1. The standard InChI is InChI=1S/C19H16.C14H9F7.C4H10.C2H6/c1-4-10-16(11-5-1)19(17-12-6-2-7-13-17)18-14-8-3-9-15-18;1-3-4(2)5-6-7(10(17)12(19)8(5)15)11(18)14(21)13(20)9(6)16;1-3-4-2;1-2/h1-15,19H;4H,3H2,1-2H3;3-4H2,1-2H3;1-2H3. The van der Waals surface area contributed by atoms with Crippen LogP contribution >= 0.6 is 0 Å². The highest BCUT2D eigenvalue weighted by Gasteiger charge is 2.31. The predicted octanol–water partition coefficient (Wildman–Crippen LogP) is 13.0. The molecule has 0 N–H and O–H groups in total. The second-order valence-corrected chi connectivity index (χ2v) is 10.3. The van der Waals surface area contributed by atoms with E-state index in [1.54, 1.807) is 0 Å². The van der Waals surface area contributed by atoms with Gasteiger partial charge >= 0.3 is 0 Å². The molecule has 0 fully saturated rings. The second kappa shape index (κ2) is 18.7. The third-order valence-corrected chi connectivity index (χ3v) is 7.38. The largest absolute Gasteiger partial charge is 0.203 e. The fourth-order valence-corrected chi connectivity index (χ4v) is 4.71. The normalized spacial score (nSPS) is 11.1. The summed E-state index contributed by atoms with van der Waals surface area (Å²) in [6.45, 7) is 11.2. The molecule has 0 saturated carbocycles. The molecular formula is C39H41F7. The average Bonchev–Trinajstić information content (AvgIpc) is 3.11. The van der Waals surface area contributed by atoms with Gasteiger partial charge in [0.2, 0.25) is 0 Å². The van der Waals surface area contributed by atoms with E-state index >= 15 is 0 Å². The summed E-state index contributed by atoms with van der Waals surface area (Å²) in [6, 6.07) is 32.0. The lowest BCUT2D eigenvalue weighted by Crippen LogP contribution is -2.09. The molecule has 0 radical (unpaired) electrons. The molecule has 5 rings (SSSR count). The van der Waals surface area contributed by atoms with Gasteiger partial charge in [0.05, 0.1) is 5.39 Å². The van der Waals surface area contributed by atoms with E-state index in [0.717, 1.165) is 0 Å². The molecular weight excluding hydrogens is 601 g/mol. The number of unbranched alkanes of at least 4 members (excludes halogenated alkanes) is 1. The molecule has 0 aliphatic rings. The molecule has 0 aliphatic heterocycles. The number of hydrogen-bond acceptors (Lipinski definition) is 0. The Kier molecular flexibility index (Phi) is 15.5. The Balaban J connectivity index is 0.000000274. The SMILES string of the molecule is CC.CCC(C)c1c(F)c(F)c(F)c2c(F)c(F)c(F)c(F)c12.CCCC.c1ccc(C(c2ccccc2)c2ccccc2)cc1. The molecule has 0 heterocycles. The number of hydrogen-bond donors (Lipinski definition) is 0. The van der Waals surface area contributed by atoms with Gasteiger partial charge in [-0.25, -0.2) is 30.7 Å². The van der Waals surface area contributed by atoms with Crippen molar-refractivity contribution in [1.82, 2.24) is 0 Å². The topological polar surface area (TPSA) is 0 Å². The van der Waals surface area contributed by atoms with Crippen molar-refractivity contribution in [3.63, 3.8) is 0 Å². The summed E-state index contributed by atoms with van der Waals surface area (Å²) < 4.78 is 95.0. The zero-order chi connectivity index (χ0) is 34.4. The minimum atomic E-state index is -2.28. The summed E-state index contributed by atoms with van der Waals surface area (Å²) in [7, 11) is 0. The predicted molar refractivity (Wildman–Crippen MR) is 175 cm³/mol. The van der Waals surface area contributed by atoms with Gasteiger partial charge in [-0.15, -0.1) is 0 Å². The number of benzene rings is 5. The van der Waals surface area contributed by atoms with Crippen molar-refractivity contribution in [3.8, 4) is 0 Å². The van der Waals surface area contributed by atoms with Crippen LogP contribution in [0.3, 0.4) is 0 Å². The zero-order valence-electron chi connectivity index (χ0n) is 27.1. The van der Waals surface area contributed by atoms with E-state index in [-0.39, 0.29) is 6.42 Å². The molecule has 1 atom stereocenters. The quantitative estimate of drug-likeness (QED) is 0.0748. The third-order valence-electron chi connectivity index (χ3n) is 7.38. The van der Waals surface area contributed by atoms with Crippen LogP contribution in [-0.2, 0) is 0 Å². The first-order chi connectivity index (χ1) is 22.1. The highest BCUT2D eigenvalue weighted by Crippen LogP contribution is 2.38. The molecule has 0 aliphatic carbocycles. The zero-order valence-corrected chi connectivity index (χ0v) is 27.1. The molecule has 246 valence electrons. The summed E-state index contributed by atoms with van der Waals surface area (Å²) in [5.74, 6) is -15.0. The fraction of sp³-hybridized carbons (Fsp3) is 0.282. The maximum atomic E-state index is 13.9. The van der Waals surface area contributed by atoms with Crippen LogP contribution in [-0.4, -0.2) is 0 Å². The Hall–Kier alpha value is -4.13. The summed E-state index contributed by atoms with van der Waals surface area (Å²) >= 11 is 0. The number of halogens is 7. The maximum Gasteiger partial charge on any atom is 0.198 e.